The monoisotopic (exact) mass is 944 g/mol. The lowest BCUT2D eigenvalue weighted by molar-refractivity contribution is -0.121. The molecule has 0 bridgehead atoms. The smallest absolute Gasteiger partial charge is 0.262 e. The van der Waals surface area contributed by atoms with E-state index in [1.807, 2.05) is 42.5 Å². The second-order valence-corrected chi connectivity index (χ2v) is 20.6. The molecule has 4 aliphatic heterocycles. The lowest BCUT2D eigenvalue weighted by atomic mass is 9.57. The highest BCUT2D eigenvalue weighted by Gasteiger charge is 2.47. The Hall–Kier alpha value is -5.07. The van der Waals surface area contributed by atoms with Gasteiger partial charge in [0.2, 0.25) is 11.9 Å². The molecule has 2 N–H and O–H groups in total. The van der Waals surface area contributed by atoms with Crippen molar-refractivity contribution in [3.63, 3.8) is 0 Å². The van der Waals surface area contributed by atoms with Gasteiger partial charge in [-0.25, -0.2) is 23.1 Å². The quantitative estimate of drug-likeness (QED) is 0.0598. The van der Waals surface area contributed by atoms with Crippen LogP contribution in [0.15, 0.2) is 35.5 Å². The number of amides is 3. The number of anilines is 3. The molecular weight excluding hydrogens is 882 g/mol. The van der Waals surface area contributed by atoms with E-state index in [9.17, 15) is 19.2 Å². The van der Waals surface area contributed by atoms with Gasteiger partial charge in [0.15, 0.2) is 11.6 Å². The number of benzene rings is 2. The molecule has 67 heavy (non-hydrogen) atoms. The molecule has 4 fully saturated rings. The Morgan fingerprint density at radius 2 is 1.66 bits per heavy atom. The van der Waals surface area contributed by atoms with Gasteiger partial charge in [-0.2, -0.15) is 0 Å². The van der Waals surface area contributed by atoms with E-state index in [4.69, 9.17) is 0 Å². The molecule has 3 aromatic rings. The number of carbonyl (C=O) groups excluding carboxylic acids is 4. The summed E-state index contributed by atoms with van der Waals surface area (Å²) in [7, 11) is 1.47. The summed E-state index contributed by atoms with van der Waals surface area (Å²) in [5.41, 5.74) is 1.64. The molecule has 18 heteroatoms. The maximum absolute atomic E-state index is 15.6. The van der Waals surface area contributed by atoms with Crippen LogP contribution in [0.5, 0.6) is 0 Å². The van der Waals surface area contributed by atoms with Crippen molar-refractivity contribution in [3.8, 4) is 11.3 Å². The molecule has 3 amide bonds. The maximum Gasteiger partial charge on any atom is 0.262 e. The third-order valence-electron chi connectivity index (χ3n) is 14.7. The molecule has 1 unspecified atom stereocenters. The van der Waals surface area contributed by atoms with Gasteiger partial charge in [-0.1, -0.05) is 11.9 Å². The Labute approximate surface area is 395 Å². The van der Waals surface area contributed by atoms with E-state index in [2.05, 4.69) is 41.5 Å². The van der Waals surface area contributed by atoms with Crippen LogP contribution in [0, 0.1) is 28.8 Å². The first-order valence-electron chi connectivity index (χ1n) is 23.9. The van der Waals surface area contributed by atoms with Gasteiger partial charge in [0.1, 0.15) is 23.5 Å². The fourth-order valence-electron chi connectivity index (χ4n) is 11.0. The molecule has 360 valence electrons. The number of hydrogen-bond donors (Lipinski definition) is 2. The first-order valence-corrected chi connectivity index (χ1v) is 24.7. The van der Waals surface area contributed by atoms with Crippen molar-refractivity contribution in [2.75, 3.05) is 74.5 Å². The number of nitrogens with zero attached hydrogens (tertiary/aromatic N) is 8. The maximum atomic E-state index is 15.6. The van der Waals surface area contributed by atoms with Crippen LogP contribution in [-0.4, -0.2) is 138 Å². The second kappa shape index (κ2) is 20.7. The number of piperidine rings is 3. The van der Waals surface area contributed by atoms with E-state index in [1.165, 1.54) is 19.2 Å². The molecule has 2 aromatic carbocycles. The number of rotatable bonds is 17. The Kier molecular flexibility index (Phi) is 14.9. The summed E-state index contributed by atoms with van der Waals surface area (Å²) in [6.07, 6.45) is 9.90. The summed E-state index contributed by atoms with van der Waals surface area (Å²) >= 11 is 1.98. The number of hydrogen-bond acceptors (Lipinski definition) is 13. The average molecular weight is 945 g/mol. The second-order valence-electron chi connectivity index (χ2n) is 19.2. The molecule has 5 aliphatic rings. The van der Waals surface area contributed by atoms with Crippen LogP contribution >= 0.6 is 11.9 Å². The Morgan fingerprint density at radius 1 is 0.970 bits per heavy atom. The minimum atomic E-state index is -1.11. The van der Waals surface area contributed by atoms with Gasteiger partial charge < -0.3 is 30.1 Å². The summed E-state index contributed by atoms with van der Waals surface area (Å²) in [5, 5.41) is 6.46. The summed E-state index contributed by atoms with van der Waals surface area (Å²) in [5.74, 6) is -2.45. The first kappa shape index (κ1) is 48.4. The third-order valence-corrected chi connectivity index (χ3v) is 16.1. The van der Waals surface area contributed by atoms with Crippen LogP contribution in [0.4, 0.5) is 36.2 Å². The summed E-state index contributed by atoms with van der Waals surface area (Å²) in [6, 6.07) is 4.67. The fourth-order valence-corrected chi connectivity index (χ4v) is 12.3. The minimum absolute atomic E-state index is 0.00518. The van der Waals surface area contributed by atoms with Crippen LogP contribution in [0.2, 0.25) is 0 Å². The molecular formula is C49H63F3N10O4S. The van der Waals surface area contributed by atoms with Gasteiger partial charge in [-0.3, -0.25) is 28.6 Å². The van der Waals surface area contributed by atoms with Gasteiger partial charge in [0.05, 0.1) is 34.7 Å². The van der Waals surface area contributed by atoms with Crippen LogP contribution < -0.4 is 20.4 Å². The number of carbonyl (C=O) groups is 4. The number of fused-ring (bicyclic) bond motifs is 1. The number of imide groups is 1. The SMILES string of the molecule is C=Nc1c(F)cc(-c2nc(NC3CCN(SC4CCN(CC5CC6(CCN(c7cc8c(cc7F)C(=O)N(C(C=O)CCC(=O)NC)C8=O)CC6)C5)CC4)CC3)ncc2F)cc1N(CC)C(C)C. The van der Waals surface area contributed by atoms with Crippen molar-refractivity contribution in [2.45, 2.75) is 108 Å². The largest absolute Gasteiger partial charge is 0.369 e. The Bertz CT molecular complexity index is 2340. The minimum Gasteiger partial charge on any atom is -0.369 e. The van der Waals surface area contributed by atoms with Gasteiger partial charge in [-0.05, 0) is 134 Å². The van der Waals surface area contributed by atoms with Crippen molar-refractivity contribution in [1.29, 1.82) is 0 Å². The number of nitrogens with one attached hydrogen (secondary N) is 2. The average Bonchev–Trinajstić information content (AvgIpc) is 3.54. The zero-order chi connectivity index (χ0) is 47.6. The van der Waals surface area contributed by atoms with E-state index in [-0.39, 0.29) is 58.8 Å². The van der Waals surface area contributed by atoms with E-state index in [1.54, 1.807) is 6.07 Å². The molecule has 1 saturated carbocycles. The highest BCUT2D eigenvalue weighted by atomic mass is 32.2. The predicted octanol–water partition coefficient (Wildman–Crippen LogP) is 7.50. The van der Waals surface area contributed by atoms with Gasteiger partial charge in [0.25, 0.3) is 11.8 Å². The van der Waals surface area contributed by atoms with Crippen LogP contribution in [-0.2, 0) is 9.59 Å². The van der Waals surface area contributed by atoms with E-state index in [0.29, 0.717) is 60.0 Å². The summed E-state index contributed by atoms with van der Waals surface area (Å²) in [6.45, 7) is 16.6. The van der Waals surface area contributed by atoms with Crippen molar-refractivity contribution in [2.24, 2.45) is 16.3 Å². The van der Waals surface area contributed by atoms with Crippen LogP contribution in [0.25, 0.3) is 11.3 Å². The lowest BCUT2D eigenvalue weighted by Crippen LogP contribution is -2.50. The number of halogens is 3. The molecule has 1 atom stereocenters. The van der Waals surface area contributed by atoms with E-state index in [0.717, 1.165) is 101 Å². The topological polar surface area (TPSA) is 147 Å². The summed E-state index contributed by atoms with van der Waals surface area (Å²) < 4.78 is 48.5. The van der Waals surface area contributed by atoms with Gasteiger partial charge >= 0.3 is 0 Å². The van der Waals surface area contributed by atoms with Crippen molar-refractivity contribution in [3.05, 3.63) is 59.0 Å². The normalized spacial score (nSPS) is 20.0. The predicted molar refractivity (Wildman–Crippen MR) is 257 cm³/mol. The number of likely N-dealkylation sites (tertiary alicyclic amines) is 1. The van der Waals surface area contributed by atoms with Gasteiger partial charge in [0, 0.05) is 75.6 Å². The molecule has 14 nitrogen and oxygen atoms in total. The fraction of sp³-hybridized carbons (Fsp3) is 0.571. The van der Waals surface area contributed by atoms with Crippen molar-refractivity contribution < 1.29 is 32.3 Å². The highest BCUT2D eigenvalue weighted by Crippen LogP contribution is 2.53. The van der Waals surface area contributed by atoms with E-state index < -0.39 is 35.3 Å². The molecule has 0 radical (unpaired) electrons. The molecule has 1 spiro atoms. The van der Waals surface area contributed by atoms with Crippen LogP contribution in [0.1, 0.15) is 106 Å². The highest BCUT2D eigenvalue weighted by molar-refractivity contribution is 7.97. The molecule has 1 aromatic heterocycles. The zero-order valence-electron chi connectivity index (χ0n) is 39.0. The number of aldehydes is 1. The van der Waals surface area contributed by atoms with Gasteiger partial charge in [-0.15, -0.1) is 0 Å². The van der Waals surface area contributed by atoms with E-state index >= 15 is 13.2 Å². The number of aromatic nitrogens is 2. The Morgan fingerprint density at radius 3 is 2.28 bits per heavy atom. The lowest BCUT2D eigenvalue weighted by Gasteiger charge is -2.54. The third kappa shape index (κ3) is 10.4. The first-order chi connectivity index (χ1) is 32.2. The van der Waals surface area contributed by atoms with Crippen LogP contribution in [0.3, 0.4) is 0 Å². The Balaban J connectivity index is 0.756. The molecule has 8 rings (SSSR count). The van der Waals surface area contributed by atoms with Crippen molar-refractivity contribution in [1.82, 2.24) is 29.4 Å². The molecule has 1 aliphatic carbocycles. The van der Waals surface area contributed by atoms with Crippen molar-refractivity contribution >= 4 is 65.7 Å². The molecule has 3 saturated heterocycles. The molecule has 5 heterocycles. The standard InChI is InChI=1S/C49H63F3N10O4S/c1-6-61(30(2)3)42-22-32(21-39(51)45(42)54-5)44-40(52)27-55-48(57-44)56-33-9-17-60(18-10-33)67-35-11-15-58(16-12-35)28-31-25-49(26-31)13-19-59(20-14-49)41-24-37-36(23-38(41)50)46(65)62(47(37)66)34(29-63)7-8-43(64)53-4/h21-24,27,29-31,33-35H,5-20,25-26,28H2,1-4H3,(H,53,64)(H,55,56,57). The number of aliphatic imine (C=N–C) groups is 1. The summed E-state index contributed by atoms with van der Waals surface area (Å²) in [4.78, 5) is 70.3. The zero-order valence-corrected chi connectivity index (χ0v) is 39.9.